The molecule has 0 N–H and O–H groups in total. The van der Waals surface area contributed by atoms with Crippen molar-refractivity contribution in [1.82, 2.24) is 14.5 Å². The molecule has 2 aromatic carbocycles. The molecule has 0 spiro atoms. The average molecular weight is 496 g/mol. The maximum Gasteiger partial charge on any atom is 0.266 e. The molecule has 3 aromatic rings. The number of carbonyl (C=O) groups is 1. The summed E-state index contributed by atoms with van der Waals surface area (Å²) in [6, 6.07) is 12.4. The fourth-order valence-corrected chi connectivity index (χ4v) is 5.39. The molecule has 0 aliphatic heterocycles. The van der Waals surface area contributed by atoms with Crippen molar-refractivity contribution in [2.45, 2.75) is 58.4 Å². The molecule has 1 saturated carbocycles. The van der Waals surface area contributed by atoms with Gasteiger partial charge in [-0.05, 0) is 62.1 Å². The average Bonchev–Trinajstić information content (AvgIpc) is 3.37. The SMILES string of the molecule is COCCN(C(=O)CCC1CCCC1)C(C)c1nc2ccccc2c(=O)n1-c1ccc(Cl)cc1C. The fraction of sp³-hybridized carbons (Fsp3) is 0.464. The highest BCUT2D eigenvalue weighted by molar-refractivity contribution is 6.30. The van der Waals surface area contributed by atoms with Crippen LogP contribution in [-0.4, -0.2) is 40.6 Å². The number of benzene rings is 2. The lowest BCUT2D eigenvalue weighted by Crippen LogP contribution is -2.39. The van der Waals surface area contributed by atoms with E-state index in [2.05, 4.69) is 0 Å². The third-order valence-corrected chi connectivity index (χ3v) is 7.38. The first kappa shape index (κ1) is 25.4. The van der Waals surface area contributed by atoms with Crippen LogP contribution in [0.5, 0.6) is 0 Å². The number of ether oxygens (including phenoxy) is 1. The van der Waals surface area contributed by atoms with Crippen molar-refractivity contribution in [1.29, 1.82) is 0 Å². The molecule has 6 nitrogen and oxygen atoms in total. The number of hydrogen-bond donors (Lipinski definition) is 0. The minimum Gasteiger partial charge on any atom is -0.383 e. The Balaban J connectivity index is 1.78. The van der Waals surface area contributed by atoms with Crippen molar-refractivity contribution in [2.24, 2.45) is 5.92 Å². The van der Waals surface area contributed by atoms with Crippen LogP contribution < -0.4 is 5.56 Å². The smallest absolute Gasteiger partial charge is 0.266 e. The van der Waals surface area contributed by atoms with Crippen molar-refractivity contribution >= 4 is 28.4 Å². The van der Waals surface area contributed by atoms with E-state index in [0.717, 1.165) is 12.0 Å². The van der Waals surface area contributed by atoms with E-state index in [1.165, 1.54) is 25.7 Å². The lowest BCUT2D eigenvalue weighted by atomic mass is 10.0. The Morgan fingerprint density at radius 1 is 1.23 bits per heavy atom. The lowest BCUT2D eigenvalue weighted by Gasteiger charge is -2.31. The second-order valence-electron chi connectivity index (χ2n) is 9.50. The molecule has 186 valence electrons. The standard InChI is InChI=1S/C28H34ClN3O3/c1-19-18-22(29)13-14-25(19)32-27(30-24-11-7-6-10-23(24)28(32)34)20(2)31(16-17-35-3)26(33)15-12-21-8-4-5-9-21/h6-7,10-11,13-14,18,20-21H,4-5,8-9,12,15-17H2,1-3H3. The van der Waals surface area contributed by atoms with Gasteiger partial charge in [-0.2, -0.15) is 0 Å². The van der Waals surface area contributed by atoms with Crippen LogP contribution >= 0.6 is 11.6 Å². The van der Waals surface area contributed by atoms with E-state index >= 15 is 0 Å². The number of nitrogens with zero attached hydrogens (tertiary/aromatic N) is 3. The van der Waals surface area contributed by atoms with Gasteiger partial charge in [0.2, 0.25) is 5.91 Å². The van der Waals surface area contributed by atoms with Crippen LogP contribution in [0.15, 0.2) is 47.3 Å². The molecule has 1 amide bonds. The maximum absolute atomic E-state index is 13.8. The van der Waals surface area contributed by atoms with E-state index in [9.17, 15) is 9.59 Å². The Labute approximate surface area is 211 Å². The highest BCUT2D eigenvalue weighted by atomic mass is 35.5. The molecule has 1 atom stereocenters. The van der Waals surface area contributed by atoms with Crippen molar-refractivity contribution in [3.05, 3.63) is 69.2 Å². The fourth-order valence-electron chi connectivity index (χ4n) is 5.17. The molecule has 7 heteroatoms. The summed E-state index contributed by atoms with van der Waals surface area (Å²) in [5, 5.41) is 1.14. The summed E-state index contributed by atoms with van der Waals surface area (Å²) in [6.07, 6.45) is 6.34. The number of aryl methyl sites for hydroxylation is 1. The first-order valence-electron chi connectivity index (χ1n) is 12.5. The molecule has 1 unspecified atom stereocenters. The van der Waals surface area contributed by atoms with Crippen molar-refractivity contribution in [2.75, 3.05) is 20.3 Å². The second kappa shape index (κ2) is 11.4. The van der Waals surface area contributed by atoms with Gasteiger partial charge in [-0.1, -0.05) is 49.4 Å². The highest BCUT2D eigenvalue weighted by Gasteiger charge is 2.28. The number of rotatable bonds is 9. The predicted molar refractivity (Wildman–Crippen MR) is 140 cm³/mol. The summed E-state index contributed by atoms with van der Waals surface area (Å²) < 4.78 is 6.97. The monoisotopic (exact) mass is 495 g/mol. The first-order chi connectivity index (χ1) is 16.9. The quantitative estimate of drug-likeness (QED) is 0.373. The van der Waals surface area contributed by atoms with Gasteiger partial charge in [0.1, 0.15) is 5.82 Å². The summed E-state index contributed by atoms with van der Waals surface area (Å²) in [5.74, 6) is 1.24. The molecule has 35 heavy (non-hydrogen) atoms. The van der Waals surface area contributed by atoms with Gasteiger partial charge in [-0.25, -0.2) is 4.98 Å². The van der Waals surface area contributed by atoms with Crippen LogP contribution in [0.25, 0.3) is 16.6 Å². The van der Waals surface area contributed by atoms with Gasteiger partial charge in [0.15, 0.2) is 0 Å². The van der Waals surface area contributed by atoms with Gasteiger partial charge in [-0.3, -0.25) is 14.2 Å². The van der Waals surface area contributed by atoms with E-state index in [4.69, 9.17) is 21.3 Å². The van der Waals surface area contributed by atoms with Crippen LogP contribution in [0.4, 0.5) is 0 Å². The third-order valence-electron chi connectivity index (χ3n) is 7.14. The maximum atomic E-state index is 13.8. The van der Waals surface area contributed by atoms with Gasteiger partial charge < -0.3 is 9.64 Å². The molecule has 1 heterocycles. The topological polar surface area (TPSA) is 64.4 Å². The van der Waals surface area contributed by atoms with E-state index < -0.39 is 6.04 Å². The van der Waals surface area contributed by atoms with Crippen LogP contribution in [-0.2, 0) is 9.53 Å². The van der Waals surface area contributed by atoms with Gasteiger partial charge in [0, 0.05) is 25.1 Å². The molecule has 0 saturated heterocycles. The van der Waals surface area contributed by atoms with Gasteiger partial charge in [0.05, 0.1) is 29.2 Å². The van der Waals surface area contributed by atoms with Crippen molar-refractivity contribution in [3.63, 3.8) is 0 Å². The molecule has 0 bridgehead atoms. The van der Waals surface area contributed by atoms with Crippen LogP contribution in [0.1, 0.15) is 62.9 Å². The Kier molecular flexibility index (Phi) is 8.24. The Morgan fingerprint density at radius 2 is 1.97 bits per heavy atom. The second-order valence-corrected chi connectivity index (χ2v) is 9.94. The number of halogens is 1. The van der Waals surface area contributed by atoms with Crippen LogP contribution in [0.3, 0.4) is 0 Å². The Bertz CT molecular complexity index is 1250. The Morgan fingerprint density at radius 3 is 2.69 bits per heavy atom. The zero-order chi connectivity index (χ0) is 24.9. The number of fused-ring (bicyclic) bond motifs is 1. The van der Waals surface area contributed by atoms with Gasteiger partial charge >= 0.3 is 0 Å². The van der Waals surface area contributed by atoms with E-state index in [1.807, 2.05) is 49.1 Å². The van der Waals surface area contributed by atoms with Crippen LogP contribution in [0.2, 0.25) is 5.02 Å². The summed E-state index contributed by atoms with van der Waals surface area (Å²) in [5.41, 5.74) is 2.03. The number of aromatic nitrogens is 2. The first-order valence-corrected chi connectivity index (χ1v) is 12.8. The predicted octanol–water partition coefficient (Wildman–Crippen LogP) is 5.85. The molecular formula is C28H34ClN3O3. The molecular weight excluding hydrogens is 462 g/mol. The van der Waals surface area contributed by atoms with E-state index in [0.29, 0.717) is 52.9 Å². The summed E-state index contributed by atoms with van der Waals surface area (Å²) in [7, 11) is 1.63. The lowest BCUT2D eigenvalue weighted by molar-refractivity contribution is -0.134. The number of amides is 1. The molecule has 1 aromatic heterocycles. The highest BCUT2D eigenvalue weighted by Crippen LogP contribution is 2.30. The zero-order valence-corrected chi connectivity index (χ0v) is 21.6. The molecule has 1 fully saturated rings. The largest absolute Gasteiger partial charge is 0.383 e. The number of carbonyl (C=O) groups excluding carboxylic acids is 1. The third kappa shape index (κ3) is 5.60. The zero-order valence-electron chi connectivity index (χ0n) is 20.8. The van der Waals surface area contributed by atoms with Gasteiger partial charge in [-0.15, -0.1) is 0 Å². The number of methoxy groups -OCH3 is 1. The summed E-state index contributed by atoms with van der Waals surface area (Å²) in [4.78, 5) is 34.0. The van der Waals surface area contributed by atoms with Crippen molar-refractivity contribution in [3.8, 4) is 5.69 Å². The number of hydrogen-bond acceptors (Lipinski definition) is 4. The van der Waals surface area contributed by atoms with Crippen molar-refractivity contribution < 1.29 is 9.53 Å². The normalized spacial score (nSPS) is 15.0. The number of para-hydroxylation sites is 1. The molecule has 1 aliphatic carbocycles. The van der Waals surface area contributed by atoms with E-state index in [1.54, 1.807) is 23.8 Å². The van der Waals surface area contributed by atoms with Crippen LogP contribution in [0, 0.1) is 12.8 Å². The molecule has 1 aliphatic rings. The van der Waals surface area contributed by atoms with Gasteiger partial charge in [0.25, 0.3) is 5.56 Å². The molecule has 4 rings (SSSR count). The minimum absolute atomic E-state index is 0.0724. The summed E-state index contributed by atoms with van der Waals surface area (Å²) in [6.45, 7) is 4.72. The minimum atomic E-state index is -0.423. The molecule has 0 radical (unpaired) electrons. The summed E-state index contributed by atoms with van der Waals surface area (Å²) >= 11 is 6.21. The Hall–Kier alpha value is -2.70. The van der Waals surface area contributed by atoms with E-state index in [-0.39, 0.29) is 11.5 Å².